The van der Waals surface area contributed by atoms with Crippen molar-refractivity contribution in [2.75, 3.05) is 24.4 Å². The van der Waals surface area contributed by atoms with Crippen LogP contribution < -0.4 is 20.1 Å². The summed E-state index contributed by atoms with van der Waals surface area (Å²) in [6, 6.07) is 8.92. The lowest BCUT2D eigenvalue weighted by atomic mass is 10.1. The maximum Gasteiger partial charge on any atom is 0.416 e. The molecule has 6 nitrogen and oxygen atoms in total. The standard InChI is InChI=1S/C20H17F3N2O4/c1-28-16-5-3-2-4-11(16)12-8-13(12)19(27)25-15-7-10(20(21,22)23)6-14-18(15)29-9-17(26)24-14/h2-7,12-13H,8-9H2,1H3,(H,24,26)(H,25,27)/t12-,13-/m1/s1. The number of rotatable bonds is 4. The Morgan fingerprint density at radius 2 is 2.03 bits per heavy atom. The highest BCUT2D eigenvalue weighted by molar-refractivity contribution is 6.01. The highest BCUT2D eigenvalue weighted by Gasteiger charge is 2.45. The first kappa shape index (κ1) is 19.1. The maximum absolute atomic E-state index is 13.2. The van der Waals surface area contributed by atoms with Gasteiger partial charge in [-0.05, 0) is 36.1 Å². The Hall–Kier alpha value is -3.23. The molecule has 0 aromatic heterocycles. The molecule has 2 amide bonds. The van der Waals surface area contributed by atoms with Crippen LogP contribution in [0.15, 0.2) is 36.4 Å². The summed E-state index contributed by atoms with van der Waals surface area (Å²) in [6.07, 6.45) is -4.08. The number of carbonyl (C=O) groups is 2. The van der Waals surface area contributed by atoms with Gasteiger partial charge in [-0.25, -0.2) is 0 Å². The van der Waals surface area contributed by atoms with Crippen LogP contribution in [0.3, 0.4) is 0 Å². The molecule has 0 spiro atoms. The minimum atomic E-state index is -4.64. The first-order valence-electron chi connectivity index (χ1n) is 8.89. The zero-order valence-corrected chi connectivity index (χ0v) is 15.3. The van der Waals surface area contributed by atoms with Crippen molar-refractivity contribution in [3.05, 3.63) is 47.5 Å². The number of hydrogen-bond donors (Lipinski definition) is 2. The quantitative estimate of drug-likeness (QED) is 0.810. The third-order valence-electron chi connectivity index (χ3n) is 4.96. The number of fused-ring (bicyclic) bond motifs is 1. The van der Waals surface area contributed by atoms with Crippen molar-refractivity contribution >= 4 is 23.2 Å². The van der Waals surface area contributed by atoms with E-state index in [0.29, 0.717) is 12.2 Å². The van der Waals surface area contributed by atoms with Gasteiger partial charge in [0.25, 0.3) is 5.91 Å². The van der Waals surface area contributed by atoms with Gasteiger partial charge >= 0.3 is 6.18 Å². The highest BCUT2D eigenvalue weighted by atomic mass is 19.4. The zero-order chi connectivity index (χ0) is 20.8. The van der Waals surface area contributed by atoms with E-state index in [1.165, 1.54) is 7.11 Å². The third kappa shape index (κ3) is 3.72. The molecule has 0 saturated heterocycles. The van der Waals surface area contributed by atoms with Crippen molar-refractivity contribution in [2.45, 2.75) is 18.5 Å². The number of hydrogen-bond acceptors (Lipinski definition) is 4. The minimum absolute atomic E-state index is 0.0143. The molecular formula is C20H17F3N2O4. The summed E-state index contributed by atoms with van der Waals surface area (Å²) in [5.41, 5.74) is -0.354. The van der Waals surface area contributed by atoms with Crippen LogP contribution in [-0.4, -0.2) is 25.5 Å². The second-order valence-electron chi connectivity index (χ2n) is 6.91. The molecule has 0 radical (unpaired) electrons. The Bertz CT molecular complexity index is 990. The summed E-state index contributed by atoms with van der Waals surface area (Å²) >= 11 is 0. The smallest absolute Gasteiger partial charge is 0.416 e. The van der Waals surface area contributed by atoms with Gasteiger partial charge in [0.1, 0.15) is 5.75 Å². The lowest BCUT2D eigenvalue weighted by molar-refractivity contribution is -0.137. The van der Waals surface area contributed by atoms with E-state index in [-0.39, 0.29) is 29.6 Å². The van der Waals surface area contributed by atoms with E-state index in [4.69, 9.17) is 9.47 Å². The number of nitrogens with one attached hydrogen (secondary N) is 2. The largest absolute Gasteiger partial charge is 0.496 e. The predicted molar refractivity (Wildman–Crippen MR) is 98.0 cm³/mol. The van der Waals surface area contributed by atoms with Crippen LogP contribution >= 0.6 is 0 Å². The summed E-state index contributed by atoms with van der Waals surface area (Å²) < 4.78 is 50.3. The number of amides is 2. The molecule has 152 valence electrons. The van der Waals surface area contributed by atoms with Crippen molar-refractivity contribution in [1.29, 1.82) is 0 Å². The van der Waals surface area contributed by atoms with Crippen molar-refractivity contribution < 1.29 is 32.2 Å². The average molecular weight is 406 g/mol. The van der Waals surface area contributed by atoms with Crippen molar-refractivity contribution in [2.24, 2.45) is 5.92 Å². The number of para-hydroxylation sites is 1. The lowest BCUT2D eigenvalue weighted by Crippen LogP contribution is -2.27. The van der Waals surface area contributed by atoms with Crippen molar-refractivity contribution in [3.63, 3.8) is 0 Å². The fourth-order valence-corrected chi connectivity index (χ4v) is 3.48. The van der Waals surface area contributed by atoms with Crippen LogP contribution in [0.5, 0.6) is 11.5 Å². The average Bonchev–Trinajstić information content (AvgIpc) is 3.47. The Morgan fingerprint density at radius 3 is 2.76 bits per heavy atom. The normalized spacial score (nSPS) is 20.2. The van der Waals surface area contributed by atoms with E-state index in [0.717, 1.165) is 17.7 Å². The van der Waals surface area contributed by atoms with Gasteiger partial charge in [0.05, 0.1) is 24.0 Å². The first-order valence-corrected chi connectivity index (χ1v) is 8.89. The number of anilines is 2. The lowest BCUT2D eigenvalue weighted by Gasteiger charge is -2.23. The molecule has 1 saturated carbocycles. The molecule has 1 aliphatic carbocycles. The molecule has 1 fully saturated rings. The van der Waals surface area contributed by atoms with Crippen LogP contribution in [0, 0.1) is 5.92 Å². The van der Waals surface area contributed by atoms with Crippen molar-refractivity contribution in [3.8, 4) is 11.5 Å². The molecule has 2 atom stereocenters. The van der Waals surface area contributed by atoms with Crippen molar-refractivity contribution in [1.82, 2.24) is 0 Å². The van der Waals surface area contributed by atoms with Crippen LogP contribution in [0.2, 0.25) is 0 Å². The topological polar surface area (TPSA) is 76.7 Å². The number of alkyl halides is 3. The van der Waals surface area contributed by atoms with Gasteiger partial charge < -0.3 is 20.1 Å². The zero-order valence-electron chi connectivity index (χ0n) is 15.3. The molecule has 1 heterocycles. The van der Waals surface area contributed by atoms with Crippen LogP contribution in [-0.2, 0) is 15.8 Å². The molecule has 0 bridgehead atoms. The predicted octanol–water partition coefficient (Wildman–Crippen LogP) is 3.79. The highest BCUT2D eigenvalue weighted by Crippen LogP contribution is 2.51. The van der Waals surface area contributed by atoms with Gasteiger partial charge in [-0.2, -0.15) is 13.2 Å². The Kier molecular flexibility index (Phi) is 4.60. The Labute approximate surface area is 164 Å². The second-order valence-corrected chi connectivity index (χ2v) is 6.91. The summed E-state index contributed by atoms with van der Waals surface area (Å²) in [5, 5.41) is 4.89. The number of benzene rings is 2. The number of halogens is 3. The summed E-state index contributed by atoms with van der Waals surface area (Å²) in [4.78, 5) is 24.2. The molecule has 2 aromatic carbocycles. The molecular weight excluding hydrogens is 389 g/mol. The van der Waals surface area contributed by atoms with E-state index >= 15 is 0 Å². The van der Waals surface area contributed by atoms with E-state index in [1.54, 1.807) is 6.07 Å². The van der Waals surface area contributed by atoms with Crippen LogP contribution in [0.25, 0.3) is 0 Å². The Morgan fingerprint density at radius 1 is 1.28 bits per heavy atom. The van der Waals surface area contributed by atoms with Crippen LogP contribution in [0.1, 0.15) is 23.5 Å². The summed E-state index contributed by atoms with van der Waals surface area (Å²) in [5.74, 6) is -0.769. The molecule has 4 rings (SSSR count). The first-order chi connectivity index (χ1) is 13.8. The minimum Gasteiger partial charge on any atom is -0.496 e. The number of carbonyl (C=O) groups excluding carboxylic acids is 2. The fraction of sp³-hybridized carbons (Fsp3) is 0.300. The van der Waals surface area contributed by atoms with Gasteiger partial charge in [0, 0.05) is 5.92 Å². The van der Waals surface area contributed by atoms with Crippen LogP contribution in [0.4, 0.5) is 24.5 Å². The third-order valence-corrected chi connectivity index (χ3v) is 4.96. The van der Waals surface area contributed by atoms with E-state index in [1.807, 2.05) is 18.2 Å². The maximum atomic E-state index is 13.2. The second kappa shape index (κ2) is 6.98. The Balaban J connectivity index is 1.59. The molecule has 2 aromatic rings. The van der Waals surface area contributed by atoms with Gasteiger partial charge in [0.15, 0.2) is 12.4 Å². The molecule has 9 heteroatoms. The van der Waals surface area contributed by atoms with E-state index < -0.39 is 29.5 Å². The summed E-state index contributed by atoms with van der Waals surface area (Å²) in [7, 11) is 1.54. The summed E-state index contributed by atoms with van der Waals surface area (Å²) in [6.45, 7) is -0.339. The molecule has 29 heavy (non-hydrogen) atoms. The van der Waals surface area contributed by atoms with Gasteiger partial charge in [-0.1, -0.05) is 18.2 Å². The fourth-order valence-electron chi connectivity index (χ4n) is 3.48. The van der Waals surface area contributed by atoms with Gasteiger partial charge in [-0.15, -0.1) is 0 Å². The number of ether oxygens (including phenoxy) is 2. The monoisotopic (exact) mass is 406 g/mol. The number of methoxy groups -OCH3 is 1. The van der Waals surface area contributed by atoms with Gasteiger partial charge in [-0.3, -0.25) is 9.59 Å². The van der Waals surface area contributed by atoms with E-state index in [2.05, 4.69) is 10.6 Å². The molecule has 2 N–H and O–H groups in total. The molecule has 1 aliphatic heterocycles. The van der Waals surface area contributed by atoms with Gasteiger partial charge in [0.2, 0.25) is 5.91 Å². The SMILES string of the molecule is COc1ccccc1[C@H]1C[C@H]1C(=O)Nc1cc(C(F)(F)F)cc2c1OCC(=O)N2. The van der Waals surface area contributed by atoms with E-state index in [9.17, 15) is 22.8 Å². The molecule has 2 aliphatic rings. The molecule has 0 unspecified atom stereocenters.